The standard InChI is InChI=1S/C15H17N5O4/c1-19(2)13-6-10(4-5-16-13)8-17-14-12(20(22)23)7-11(9-18-14)15(21)24-3/h4-7,9H,8H2,1-3H3,(H,17,18). The Hall–Kier alpha value is -3.23. The molecule has 0 aliphatic carbocycles. The second kappa shape index (κ2) is 7.36. The third-order valence-electron chi connectivity index (χ3n) is 3.21. The molecule has 2 heterocycles. The molecule has 126 valence electrons. The Morgan fingerprint density at radius 3 is 2.75 bits per heavy atom. The molecule has 2 rings (SSSR count). The zero-order valence-electron chi connectivity index (χ0n) is 13.5. The van der Waals surface area contributed by atoms with Crippen molar-refractivity contribution in [2.24, 2.45) is 0 Å². The fourth-order valence-electron chi connectivity index (χ4n) is 1.96. The van der Waals surface area contributed by atoms with Crippen LogP contribution in [0.3, 0.4) is 0 Å². The third-order valence-corrected chi connectivity index (χ3v) is 3.21. The number of hydrogen-bond acceptors (Lipinski definition) is 8. The molecule has 0 aromatic carbocycles. The Bertz CT molecular complexity index is 763. The van der Waals surface area contributed by atoms with Crippen LogP contribution < -0.4 is 10.2 Å². The van der Waals surface area contributed by atoms with Gasteiger partial charge in [-0.1, -0.05) is 0 Å². The van der Waals surface area contributed by atoms with E-state index in [1.165, 1.54) is 13.3 Å². The van der Waals surface area contributed by atoms with Gasteiger partial charge in [-0.2, -0.15) is 0 Å². The molecule has 0 bridgehead atoms. The van der Waals surface area contributed by atoms with Gasteiger partial charge in [-0.3, -0.25) is 10.1 Å². The molecule has 0 aliphatic heterocycles. The van der Waals surface area contributed by atoms with E-state index in [1.807, 2.05) is 25.1 Å². The number of nitrogens with one attached hydrogen (secondary N) is 1. The molecule has 0 saturated heterocycles. The number of aromatic nitrogens is 2. The molecule has 0 atom stereocenters. The second-order valence-corrected chi connectivity index (χ2v) is 5.11. The van der Waals surface area contributed by atoms with Gasteiger partial charge in [-0.05, 0) is 17.7 Å². The zero-order chi connectivity index (χ0) is 17.7. The highest BCUT2D eigenvalue weighted by Crippen LogP contribution is 2.24. The number of anilines is 2. The number of pyridine rings is 2. The number of esters is 1. The van der Waals surface area contributed by atoms with Crippen molar-refractivity contribution < 1.29 is 14.5 Å². The summed E-state index contributed by atoms with van der Waals surface area (Å²) in [6.07, 6.45) is 2.90. The van der Waals surface area contributed by atoms with Gasteiger partial charge >= 0.3 is 11.7 Å². The van der Waals surface area contributed by atoms with E-state index in [0.29, 0.717) is 6.54 Å². The van der Waals surface area contributed by atoms with Crippen LogP contribution >= 0.6 is 0 Å². The highest BCUT2D eigenvalue weighted by molar-refractivity contribution is 5.90. The maximum atomic E-state index is 11.5. The van der Waals surface area contributed by atoms with Crippen LogP contribution in [-0.4, -0.2) is 42.1 Å². The topological polar surface area (TPSA) is 110 Å². The lowest BCUT2D eigenvalue weighted by Crippen LogP contribution is -2.12. The second-order valence-electron chi connectivity index (χ2n) is 5.11. The van der Waals surface area contributed by atoms with Crippen molar-refractivity contribution in [2.45, 2.75) is 6.54 Å². The van der Waals surface area contributed by atoms with Crippen LogP contribution in [0, 0.1) is 10.1 Å². The number of rotatable bonds is 6. The molecule has 9 nitrogen and oxygen atoms in total. The normalized spacial score (nSPS) is 10.1. The summed E-state index contributed by atoms with van der Waals surface area (Å²) < 4.78 is 4.54. The zero-order valence-corrected chi connectivity index (χ0v) is 13.5. The van der Waals surface area contributed by atoms with E-state index in [1.54, 1.807) is 12.3 Å². The monoisotopic (exact) mass is 331 g/mol. The van der Waals surface area contributed by atoms with Crippen LogP contribution in [0.15, 0.2) is 30.6 Å². The summed E-state index contributed by atoms with van der Waals surface area (Å²) in [5.41, 5.74) is 0.621. The van der Waals surface area contributed by atoms with E-state index in [0.717, 1.165) is 17.4 Å². The van der Waals surface area contributed by atoms with Crippen molar-refractivity contribution in [3.05, 3.63) is 51.8 Å². The Morgan fingerprint density at radius 1 is 1.38 bits per heavy atom. The van der Waals surface area contributed by atoms with Crippen LogP contribution in [0.2, 0.25) is 0 Å². The predicted octanol–water partition coefficient (Wildman–Crippen LogP) is 1.85. The minimum Gasteiger partial charge on any atom is -0.465 e. The minimum absolute atomic E-state index is 0.0218. The molecule has 0 aliphatic rings. The molecule has 0 amide bonds. The summed E-state index contributed by atoms with van der Waals surface area (Å²) in [5.74, 6) is 0.176. The minimum atomic E-state index is -0.679. The summed E-state index contributed by atoms with van der Waals surface area (Å²) >= 11 is 0. The Balaban J connectivity index is 2.21. The van der Waals surface area contributed by atoms with Crippen LogP contribution in [0.25, 0.3) is 0 Å². The van der Waals surface area contributed by atoms with Gasteiger partial charge in [0.15, 0.2) is 0 Å². The smallest absolute Gasteiger partial charge is 0.339 e. The van der Waals surface area contributed by atoms with E-state index >= 15 is 0 Å². The first-order chi connectivity index (χ1) is 11.4. The SMILES string of the molecule is COC(=O)c1cnc(NCc2ccnc(N(C)C)c2)c([N+](=O)[O-])c1. The van der Waals surface area contributed by atoms with E-state index in [-0.39, 0.29) is 17.1 Å². The molecule has 2 aromatic rings. The molecule has 0 fully saturated rings. The molecule has 2 aromatic heterocycles. The summed E-state index contributed by atoms with van der Waals surface area (Å²) in [4.78, 5) is 32.1. The van der Waals surface area contributed by atoms with Crippen LogP contribution in [0.4, 0.5) is 17.3 Å². The first-order valence-electron chi connectivity index (χ1n) is 7.01. The Morgan fingerprint density at radius 2 is 2.12 bits per heavy atom. The number of methoxy groups -OCH3 is 1. The molecule has 0 saturated carbocycles. The summed E-state index contributed by atoms with van der Waals surface area (Å²) in [5, 5.41) is 14.1. The molecule has 0 unspecified atom stereocenters. The van der Waals surface area contributed by atoms with Crippen molar-refractivity contribution in [2.75, 3.05) is 31.4 Å². The van der Waals surface area contributed by atoms with E-state index < -0.39 is 10.9 Å². The van der Waals surface area contributed by atoms with Gasteiger partial charge < -0.3 is 15.0 Å². The number of carbonyl (C=O) groups is 1. The highest BCUT2D eigenvalue weighted by Gasteiger charge is 2.19. The maximum absolute atomic E-state index is 11.5. The largest absolute Gasteiger partial charge is 0.465 e. The lowest BCUT2D eigenvalue weighted by Gasteiger charge is -2.12. The van der Waals surface area contributed by atoms with E-state index in [9.17, 15) is 14.9 Å². The van der Waals surface area contributed by atoms with Crippen molar-refractivity contribution in [3.63, 3.8) is 0 Å². The average Bonchev–Trinajstić information content (AvgIpc) is 2.59. The van der Waals surface area contributed by atoms with Crippen molar-refractivity contribution in [3.8, 4) is 0 Å². The van der Waals surface area contributed by atoms with E-state index in [2.05, 4.69) is 20.0 Å². The van der Waals surface area contributed by atoms with Crippen molar-refractivity contribution >= 4 is 23.3 Å². The molecule has 0 spiro atoms. The number of nitrogens with zero attached hydrogens (tertiary/aromatic N) is 4. The summed E-state index contributed by atoms with van der Waals surface area (Å²) in [6.45, 7) is 0.328. The first-order valence-corrected chi connectivity index (χ1v) is 7.01. The van der Waals surface area contributed by atoms with Gasteiger partial charge in [0, 0.05) is 39.1 Å². The third kappa shape index (κ3) is 3.94. The molecule has 0 radical (unpaired) electrons. The van der Waals surface area contributed by atoms with Crippen LogP contribution in [0.1, 0.15) is 15.9 Å². The highest BCUT2D eigenvalue weighted by atomic mass is 16.6. The molecular weight excluding hydrogens is 314 g/mol. The van der Waals surface area contributed by atoms with Crippen LogP contribution in [0.5, 0.6) is 0 Å². The average molecular weight is 331 g/mol. The maximum Gasteiger partial charge on any atom is 0.339 e. The predicted molar refractivity (Wildman–Crippen MR) is 88.1 cm³/mol. The van der Waals surface area contributed by atoms with Gasteiger partial charge in [0.25, 0.3) is 0 Å². The van der Waals surface area contributed by atoms with Gasteiger partial charge in [0.2, 0.25) is 5.82 Å². The molecular formula is C15H17N5O4. The number of carbonyl (C=O) groups excluding carboxylic acids is 1. The molecule has 24 heavy (non-hydrogen) atoms. The Kier molecular flexibility index (Phi) is 5.25. The number of ether oxygens (including phenoxy) is 1. The summed E-state index contributed by atoms with van der Waals surface area (Å²) in [7, 11) is 4.95. The number of nitro groups is 1. The lowest BCUT2D eigenvalue weighted by atomic mass is 10.2. The number of hydrogen-bond donors (Lipinski definition) is 1. The van der Waals surface area contributed by atoms with Gasteiger partial charge in [0.1, 0.15) is 5.82 Å². The fraction of sp³-hybridized carbons (Fsp3) is 0.267. The Labute approximate surface area is 138 Å². The first kappa shape index (κ1) is 17.1. The van der Waals surface area contributed by atoms with Gasteiger partial charge in [0.05, 0.1) is 17.6 Å². The molecule has 1 N–H and O–H groups in total. The molecule has 9 heteroatoms. The summed E-state index contributed by atoms with van der Waals surface area (Å²) in [6, 6.07) is 4.80. The van der Waals surface area contributed by atoms with Crippen LogP contribution in [-0.2, 0) is 11.3 Å². The quantitative estimate of drug-likeness (QED) is 0.485. The lowest BCUT2D eigenvalue weighted by molar-refractivity contribution is -0.384. The van der Waals surface area contributed by atoms with Crippen molar-refractivity contribution in [1.82, 2.24) is 9.97 Å². The van der Waals surface area contributed by atoms with Gasteiger partial charge in [-0.25, -0.2) is 14.8 Å². The van der Waals surface area contributed by atoms with E-state index in [4.69, 9.17) is 0 Å². The van der Waals surface area contributed by atoms with Crippen molar-refractivity contribution in [1.29, 1.82) is 0 Å². The van der Waals surface area contributed by atoms with Gasteiger partial charge in [-0.15, -0.1) is 0 Å². The fourth-order valence-corrected chi connectivity index (χ4v) is 1.96.